The second-order valence-corrected chi connectivity index (χ2v) is 7.46. The van der Waals surface area contributed by atoms with E-state index in [0.29, 0.717) is 6.04 Å². The molecule has 1 saturated heterocycles. The molecule has 1 aliphatic carbocycles. The molecule has 1 aliphatic heterocycles. The molecule has 2 rings (SSSR count). The van der Waals surface area contributed by atoms with Crippen molar-refractivity contribution in [3.05, 3.63) is 0 Å². The number of nitrogens with zero attached hydrogens (tertiary/aromatic N) is 2. The molecule has 0 radical (unpaired) electrons. The van der Waals surface area contributed by atoms with Crippen molar-refractivity contribution in [1.82, 2.24) is 15.5 Å². The first-order chi connectivity index (χ1) is 11.7. The lowest BCUT2D eigenvalue weighted by molar-refractivity contribution is 0.0824. The number of guanidine groups is 1. The van der Waals surface area contributed by atoms with Crippen LogP contribution in [0, 0.1) is 5.92 Å². The Morgan fingerprint density at radius 1 is 1.08 bits per heavy atom. The first-order valence-corrected chi connectivity index (χ1v) is 10.2. The molecular formula is C19H39IN4O. The molecule has 0 aromatic carbocycles. The van der Waals surface area contributed by atoms with E-state index < -0.39 is 0 Å². The molecule has 2 fully saturated rings. The molecule has 0 bridgehead atoms. The Bertz CT molecular complexity index is 364. The fourth-order valence-electron chi connectivity index (χ4n) is 3.86. The van der Waals surface area contributed by atoms with Crippen LogP contribution in [0.1, 0.15) is 65.2 Å². The number of likely N-dealkylation sites (tertiary alicyclic amines) is 1. The van der Waals surface area contributed by atoms with Gasteiger partial charge in [0.2, 0.25) is 0 Å². The van der Waals surface area contributed by atoms with Gasteiger partial charge in [-0.15, -0.1) is 24.0 Å². The van der Waals surface area contributed by atoms with Gasteiger partial charge in [-0.25, -0.2) is 0 Å². The quantitative estimate of drug-likeness (QED) is 0.234. The minimum absolute atomic E-state index is 0. The zero-order valence-corrected chi connectivity index (χ0v) is 18.5. The Morgan fingerprint density at radius 2 is 1.76 bits per heavy atom. The number of halogens is 1. The largest absolute Gasteiger partial charge is 0.393 e. The van der Waals surface area contributed by atoms with Crippen LogP contribution in [0.25, 0.3) is 0 Å². The van der Waals surface area contributed by atoms with Crippen molar-refractivity contribution in [2.45, 2.75) is 77.4 Å². The normalized spacial score (nSPS) is 26.1. The van der Waals surface area contributed by atoms with Gasteiger partial charge in [0, 0.05) is 32.2 Å². The van der Waals surface area contributed by atoms with Crippen molar-refractivity contribution < 1.29 is 5.11 Å². The summed E-state index contributed by atoms with van der Waals surface area (Å²) in [7, 11) is 0. The van der Waals surface area contributed by atoms with Crippen LogP contribution in [-0.2, 0) is 0 Å². The summed E-state index contributed by atoms with van der Waals surface area (Å²) in [6.07, 6.45) is 9.46. The Balaban J connectivity index is 0.00000312. The molecule has 0 amide bonds. The molecule has 0 aromatic rings. The highest BCUT2D eigenvalue weighted by Gasteiger charge is 2.20. The van der Waals surface area contributed by atoms with Gasteiger partial charge >= 0.3 is 0 Å². The van der Waals surface area contributed by atoms with Crippen molar-refractivity contribution >= 4 is 29.9 Å². The number of nitrogens with one attached hydrogen (secondary N) is 2. The standard InChI is InChI=1S/C19H38N4O.HI/c1-3-16-6-8-17(9-7-16)22-19(20-4-2)21-12-5-13-23-14-10-18(24)11-15-23;/h16-18,24H,3-15H2,1-2H3,(H2,20,21,22);1H. The summed E-state index contributed by atoms with van der Waals surface area (Å²) >= 11 is 0. The topological polar surface area (TPSA) is 59.9 Å². The van der Waals surface area contributed by atoms with Crippen LogP contribution in [0.3, 0.4) is 0 Å². The Morgan fingerprint density at radius 3 is 2.36 bits per heavy atom. The second-order valence-electron chi connectivity index (χ2n) is 7.46. The summed E-state index contributed by atoms with van der Waals surface area (Å²) in [5.41, 5.74) is 0. The van der Waals surface area contributed by atoms with E-state index >= 15 is 0 Å². The molecule has 0 unspecified atom stereocenters. The summed E-state index contributed by atoms with van der Waals surface area (Å²) in [6, 6.07) is 0.592. The number of aliphatic hydroxyl groups is 1. The monoisotopic (exact) mass is 466 g/mol. The molecule has 2 aliphatic rings. The molecular weight excluding hydrogens is 427 g/mol. The fraction of sp³-hybridized carbons (Fsp3) is 0.947. The molecule has 148 valence electrons. The Labute approximate surface area is 171 Å². The number of aliphatic imine (C=N–C) groups is 1. The van der Waals surface area contributed by atoms with Crippen LogP contribution in [0.4, 0.5) is 0 Å². The van der Waals surface area contributed by atoms with E-state index in [1.165, 1.54) is 32.1 Å². The molecule has 5 nitrogen and oxygen atoms in total. The maximum atomic E-state index is 9.55. The summed E-state index contributed by atoms with van der Waals surface area (Å²) in [6.45, 7) is 9.39. The van der Waals surface area contributed by atoms with Crippen LogP contribution >= 0.6 is 24.0 Å². The summed E-state index contributed by atoms with van der Waals surface area (Å²) in [5, 5.41) is 16.6. The van der Waals surface area contributed by atoms with Crippen LogP contribution in [0.2, 0.25) is 0 Å². The first kappa shape index (κ1) is 23.0. The van der Waals surface area contributed by atoms with Crippen molar-refractivity contribution in [2.24, 2.45) is 10.9 Å². The summed E-state index contributed by atoms with van der Waals surface area (Å²) < 4.78 is 0. The van der Waals surface area contributed by atoms with Crippen LogP contribution in [-0.4, -0.2) is 60.8 Å². The highest BCUT2D eigenvalue weighted by molar-refractivity contribution is 14.0. The van der Waals surface area contributed by atoms with Gasteiger partial charge in [0.05, 0.1) is 6.10 Å². The molecule has 0 spiro atoms. The average Bonchev–Trinajstić information content (AvgIpc) is 2.61. The van der Waals surface area contributed by atoms with E-state index in [1.54, 1.807) is 0 Å². The van der Waals surface area contributed by atoms with Gasteiger partial charge in [-0.1, -0.05) is 13.3 Å². The summed E-state index contributed by atoms with van der Waals surface area (Å²) in [4.78, 5) is 7.22. The van der Waals surface area contributed by atoms with E-state index in [1.807, 2.05) is 0 Å². The first-order valence-electron chi connectivity index (χ1n) is 10.2. The minimum Gasteiger partial charge on any atom is -0.393 e. The molecule has 25 heavy (non-hydrogen) atoms. The van der Waals surface area contributed by atoms with Gasteiger partial charge in [-0.3, -0.25) is 4.99 Å². The number of piperidine rings is 1. The maximum absolute atomic E-state index is 9.55. The van der Waals surface area contributed by atoms with Crippen LogP contribution in [0.5, 0.6) is 0 Å². The van der Waals surface area contributed by atoms with E-state index in [9.17, 15) is 5.11 Å². The minimum atomic E-state index is -0.0772. The molecule has 0 atom stereocenters. The number of aliphatic hydroxyl groups excluding tert-OH is 1. The predicted octanol–water partition coefficient (Wildman–Crippen LogP) is 2.98. The van der Waals surface area contributed by atoms with Gasteiger partial charge in [-0.05, 0) is 64.3 Å². The lowest BCUT2D eigenvalue weighted by atomic mass is 9.84. The van der Waals surface area contributed by atoms with E-state index in [2.05, 4.69) is 29.4 Å². The Hall–Kier alpha value is -0.0800. The number of hydrogen-bond acceptors (Lipinski definition) is 3. The molecule has 0 aromatic heterocycles. The smallest absolute Gasteiger partial charge is 0.191 e. The summed E-state index contributed by atoms with van der Waals surface area (Å²) in [5.74, 6) is 1.93. The second kappa shape index (κ2) is 13.1. The van der Waals surface area contributed by atoms with Gasteiger partial charge in [0.15, 0.2) is 5.96 Å². The third-order valence-corrected chi connectivity index (χ3v) is 5.57. The third kappa shape index (κ3) is 8.91. The lowest BCUT2D eigenvalue weighted by Gasteiger charge is -2.30. The average molecular weight is 466 g/mol. The zero-order valence-electron chi connectivity index (χ0n) is 16.2. The van der Waals surface area contributed by atoms with Crippen molar-refractivity contribution in [2.75, 3.05) is 32.7 Å². The van der Waals surface area contributed by atoms with Crippen molar-refractivity contribution in [1.29, 1.82) is 0 Å². The van der Waals surface area contributed by atoms with Crippen molar-refractivity contribution in [3.63, 3.8) is 0 Å². The zero-order chi connectivity index (χ0) is 17.2. The molecule has 3 N–H and O–H groups in total. The van der Waals surface area contributed by atoms with Gasteiger partial charge in [-0.2, -0.15) is 0 Å². The fourth-order valence-corrected chi connectivity index (χ4v) is 3.86. The lowest BCUT2D eigenvalue weighted by Crippen LogP contribution is -2.45. The molecule has 1 heterocycles. The van der Waals surface area contributed by atoms with Crippen molar-refractivity contribution in [3.8, 4) is 0 Å². The van der Waals surface area contributed by atoms with Gasteiger partial charge in [0.1, 0.15) is 0 Å². The number of rotatable bonds is 7. The molecule has 6 heteroatoms. The highest BCUT2D eigenvalue weighted by atomic mass is 127. The number of hydrogen-bond donors (Lipinski definition) is 3. The van der Waals surface area contributed by atoms with E-state index in [-0.39, 0.29) is 30.1 Å². The SMILES string of the molecule is CCNC(=NCCCN1CCC(O)CC1)NC1CCC(CC)CC1.I. The van der Waals surface area contributed by atoms with E-state index in [4.69, 9.17) is 4.99 Å². The van der Waals surface area contributed by atoms with Gasteiger partial charge < -0.3 is 20.6 Å². The van der Waals surface area contributed by atoms with E-state index in [0.717, 1.165) is 63.9 Å². The third-order valence-electron chi connectivity index (χ3n) is 5.57. The molecule has 1 saturated carbocycles. The highest BCUT2D eigenvalue weighted by Crippen LogP contribution is 2.26. The van der Waals surface area contributed by atoms with Crippen LogP contribution < -0.4 is 10.6 Å². The van der Waals surface area contributed by atoms with Gasteiger partial charge in [0.25, 0.3) is 0 Å². The Kier molecular flexibility index (Phi) is 12.1. The maximum Gasteiger partial charge on any atom is 0.191 e. The predicted molar refractivity (Wildman–Crippen MR) is 117 cm³/mol. The van der Waals surface area contributed by atoms with Crippen LogP contribution in [0.15, 0.2) is 4.99 Å².